The molecule has 1 aromatic heterocycles. The molecule has 2 aromatic rings. The van der Waals surface area contributed by atoms with E-state index in [9.17, 15) is 4.79 Å². The molecule has 6 nitrogen and oxygen atoms in total. The standard InChI is InChI=1S/C17H21Cl2N5OS/c1-10(13-5-4-12(18)8-14(13)19)24-17(20-3)22-7-6-21-16(25)15-11(2)23-9-26-15/h4-5,8-10H,6-7H2,1-3H3,(H,21,25)(H2,20,22,24). The third-order valence-corrected chi connectivity index (χ3v) is 5.15. The zero-order chi connectivity index (χ0) is 19.1. The molecule has 0 fully saturated rings. The molecule has 0 saturated carbocycles. The van der Waals surface area contributed by atoms with Crippen molar-refractivity contribution in [1.29, 1.82) is 0 Å². The van der Waals surface area contributed by atoms with Crippen LogP contribution in [0.15, 0.2) is 28.7 Å². The Bertz CT molecular complexity index is 793. The molecule has 3 N–H and O–H groups in total. The quantitative estimate of drug-likeness (QED) is 0.385. The van der Waals surface area contributed by atoms with Crippen molar-refractivity contribution in [3.05, 3.63) is 49.9 Å². The van der Waals surface area contributed by atoms with E-state index in [2.05, 4.69) is 25.9 Å². The molecule has 1 aromatic carbocycles. The van der Waals surface area contributed by atoms with Gasteiger partial charge in [0, 0.05) is 30.2 Å². The summed E-state index contributed by atoms with van der Waals surface area (Å²) in [6.07, 6.45) is 0. The Morgan fingerprint density at radius 1 is 1.31 bits per heavy atom. The molecule has 140 valence electrons. The van der Waals surface area contributed by atoms with Gasteiger partial charge in [0.05, 0.1) is 17.2 Å². The van der Waals surface area contributed by atoms with Crippen LogP contribution in [0.1, 0.15) is 33.9 Å². The van der Waals surface area contributed by atoms with Crippen molar-refractivity contribution >= 4 is 46.4 Å². The summed E-state index contributed by atoms with van der Waals surface area (Å²) in [5.74, 6) is 0.503. The molecule has 0 aliphatic rings. The van der Waals surface area contributed by atoms with Gasteiger partial charge in [0.1, 0.15) is 4.88 Å². The Balaban J connectivity index is 1.80. The second-order valence-corrected chi connectivity index (χ2v) is 7.25. The van der Waals surface area contributed by atoms with Crippen LogP contribution in [0.3, 0.4) is 0 Å². The lowest BCUT2D eigenvalue weighted by molar-refractivity contribution is 0.0957. The first-order valence-corrected chi connectivity index (χ1v) is 9.66. The van der Waals surface area contributed by atoms with Crippen molar-refractivity contribution in [3.63, 3.8) is 0 Å². The number of aliphatic imine (C=N–C) groups is 1. The minimum absolute atomic E-state index is 0.0552. The number of nitrogens with one attached hydrogen (secondary N) is 3. The maximum Gasteiger partial charge on any atom is 0.263 e. The molecule has 0 spiro atoms. The van der Waals surface area contributed by atoms with Gasteiger partial charge >= 0.3 is 0 Å². The number of guanidine groups is 1. The molecular formula is C17H21Cl2N5OS. The molecule has 26 heavy (non-hydrogen) atoms. The highest BCUT2D eigenvalue weighted by Gasteiger charge is 2.13. The fourth-order valence-electron chi connectivity index (χ4n) is 2.29. The van der Waals surface area contributed by atoms with E-state index in [1.54, 1.807) is 24.7 Å². The van der Waals surface area contributed by atoms with Gasteiger partial charge in [0.2, 0.25) is 0 Å². The molecule has 0 radical (unpaired) electrons. The summed E-state index contributed by atoms with van der Waals surface area (Å²) in [5.41, 5.74) is 3.33. The zero-order valence-corrected chi connectivity index (χ0v) is 17.1. The van der Waals surface area contributed by atoms with Crippen LogP contribution in [0, 0.1) is 6.92 Å². The average Bonchev–Trinajstić information content (AvgIpc) is 3.03. The van der Waals surface area contributed by atoms with Crippen molar-refractivity contribution < 1.29 is 4.79 Å². The molecule has 1 unspecified atom stereocenters. The van der Waals surface area contributed by atoms with Gasteiger partial charge in [-0.2, -0.15) is 0 Å². The Morgan fingerprint density at radius 3 is 2.65 bits per heavy atom. The molecule has 2 rings (SSSR count). The van der Waals surface area contributed by atoms with Crippen LogP contribution in [0.25, 0.3) is 0 Å². The highest BCUT2D eigenvalue weighted by molar-refractivity contribution is 7.11. The third-order valence-electron chi connectivity index (χ3n) is 3.66. The van der Waals surface area contributed by atoms with Gasteiger partial charge in [-0.05, 0) is 31.5 Å². The van der Waals surface area contributed by atoms with Crippen molar-refractivity contribution in [2.75, 3.05) is 20.1 Å². The van der Waals surface area contributed by atoms with Gasteiger partial charge in [-0.3, -0.25) is 9.79 Å². The molecule has 1 heterocycles. The second-order valence-electron chi connectivity index (χ2n) is 5.55. The maximum absolute atomic E-state index is 12.0. The molecule has 0 bridgehead atoms. The van der Waals surface area contributed by atoms with Gasteiger partial charge < -0.3 is 16.0 Å². The van der Waals surface area contributed by atoms with E-state index in [0.717, 1.165) is 11.3 Å². The van der Waals surface area contributed by atoms with Crippen molar-refractivity contribution in [1.82, 2.24) is 20.9 Å². The first kappa shape index (κ1) is 20.5. The van der Waals surface area contributed by atoms with E-state index in [4.69, 9.17) is 23.2 Å². The highest BCUT2D eigenvalue weighted by Crippen LogP contribution is 2.25. The number of aromatic nitrogens is 1. The van der Waals surface area contributed by atoms with Crippen molar-refractivity contribution in [2.45, 2.75) is 19.9 Å². The van der Waals surface area contributed by atoms with Gasteiger partial charge in [-0.1, -0.05) is 29.3 Å². The summed E-state index contributed by atoms with van der Waals surface area (Å²) in [4.78, 5) is 20.9. The molecule has 0 aliphatic carbocycles. The number of nitrogens with zero attached hydrogens (tertiary/aromatic N) is 2. The predicted octanol–water partition coefficient (Wildman–Crippen LogP) is 3.41. The third kappa shape index (κ3) is 5.59. The SMILES string of the molecule is CN=C(NCCNC(=O)c1scnc1C)NC(C)c1ccc(Cl)cc1Cl. The second kappa shape index (κ2) is 9.75. The van der Waals surface area contributed by atoms with E-state index in [1.165, 1.54) is 11.3 Å². The lowest BCUT2D eigenvalue weighted by Crippen LogP contribution is -2.42. The summed E-state index contributed by atoms with van der Waals surface area (Å²) in [5, 5.41) is 10.5. The molecule has 0 aliphatic heterocycles. The first-order valence-electron chi connectivity index (χ1n) is 8.02. The van der Waals surface area contributed by atoms with Crippen LogP contribution in [0.2, 0.25) is 10.0 Å². The molecule has 1 amide bonds. The predicted molar refractivity (Wildman–Crippen MR) is 109 cm³/mol. The van der Waals surface area contributed by atoms with Gasteiger partial charge in [-0.25, -0.2) is 4.98 Å². The number of aryl methyl sites for hydroxylation is 1. The van der Waals surface area contributed by atoms with Crippen LogP contribution in [0.5, 0.6) is 0 Å². The average molecular weight is 414 g/mol. The number of hydrogen-bond acceptors (Lipinski definition) is 4. The van der Waals surface area contributed by atoms with E-state index in [0.29, 0.717) is 34.0 Å². The van der Waals surface area contributed by atoms with Crippen LogP contribution < -0.4 is 16.0 Å². The van der Waals surface area contributed by atoms with Crippen LogP contribution >= 0.6 is 34.5 Å². The largest absolute Gasteiger partial charge is 0.355 e. The Kier molecular flexibility index (Phi) is 7.68. The summed E-state index contributed by atoms with van der Waals surface area (Å²) < 4.78 is 0. The molecule has 1 atom stereocenters. The number of rotatable bonds is 6. The van der Waals surface area contributed by atoms with Gasteiger partial charge in [0.25, 0.3) is 5.91 Å². The molecule has 9 heteroatoms. The number of benzene rings is 1. The number of carbonyl (C=O) groups excluding carboxylic acids is 1. The minimum atomic E-state index is -0.115. The first-order chi connectivity index (χ1) is 12.4. The van der Waals surface area contributed by atoms with E-state index >= 15 is 0 Å². The zero-order valence-electron chi connectivity index (χ0n) is 14.8. The van der Waals surface area contributed by atoms with Gasteiger partial charge in [0.15, 0.2) is 5.96 Å². The fourth-order valence-corrected chi connectivity index (χ4v) is 3.58. The summed E-state index contributed by atoms with van der Waals surface area (Å²) in [6, 6.07) is 5.34. The lowest BCUT2D eigenvalue weighted by atomic mass is 10.1. The van der Waals surface area contributed by atoms with Crippen LogP contribution in [0.4, 0.5) is 0 Å². The van der Waals surface area contributed by atoms with Crippen molar-refractivity contribution in [2.24, 2.45) is 4.99 Å². The van der Waals surface area contributed by atoms with Crippen LogP contribution in [-0.2, 0) is 0 Å². The van der Waals surface area contributed by atoms with Crippen LogP contribution in [-0.4, -0.2) is 37.0 Å². The smallest absolute Gasteiger partial charge is 0.263 e. The lowest BCUT2D eigenvalue weighted by Gasteiger charge is -2.19. The van der Waals surface area contributed by atoms with Gasteiger partial charge in [-0.15, -0.1) is 11.3 Å². The Labute approximate surface area is 167 Å². The Morgan fingerprint density at radius 2 is 2.04 bits per heavy atom. The monoisotopic (exact) mass is 413 g/mol. The Hall–Kier alpha value is -1.83. The number of hydrogen-bond donors (Lipinski definition) is 3. The number of carbonyl (C=O) groups is 1. The summed E-state index contributed by atoms with van der Waals surface area (Å²) in [6.45, 7) is 4.80. The number of thiazole rings is 1. The molecule has 0 saturated heterocycles. The maximum atomic E-state index is 12.0. The summed E-state index contributed by atoms with van der Waals surface area (Å²) in [7, 11) is 1.69. The van der Waals surface area contributed by atoms with E-state index < -0.39 is 0 Å². The number of halogens is 2. The topological polar surface area (TPSA) is 78.4 Å². The minimum Gasteiger partial charge on any atom is -0.355 e. The van der Waals surface area contributed by atoms with E-state index in [1.807, 2.05) is 19.9 Å². The summed E-state index contributed by atoms with van der Waals surface area (Å²) >= 11 is 13.5. The molecular weight excluding hydrogens is 393 g/mol. The normalized spacial score (nSPS) is 12.6. The van der Waals surface area contributed by atoms with Crippen molar-refractivity contribution in [3.8, 4) is 0 Å². The fraction of sp³-hybridized carbons (Fsp3) is 0.353. The number of amides is 1. The highest BCUT2D eigenvalue weighted by atomic mass is 35.5. The van der Waals surface area contributed by atoms with E-state index in [-0.39, 0.29) is 11.9 Å².